The maximum Gasteiger partial charge on any atom is 0.221 e. The highest BCUT2D eigenvalue weighted by molar-refractivity contribution is 7.91. The van der Waals surface area contributed by atoms with Crippen LogP contribution in [0, 0.1) is 11.3 Å². The zero-order chi connectivity index (χ0) is 14.3. The molecular weight excluding hydrogens is 264 g/mol. The molecule has 0 heterocycles. The maximum absolute atomic E-state index is 12.0. The molecule has 0 aliphatic carbocycles. The first-order chi connectivity index (χ1) is 8.95. The van der Waals surface area contributed by atoms with Gasteiger partial charge in [-0.3, -0.25) is 4.79 Å². The number of nitrogens with one attached hydrogen (secondary N) is 1. The molecule has 0 fully saturated rings. The van der Waals surface area contributed by atoms with Crippen LogP contribution in [0.5, 0.6) is 0 Å². The Bertz CT molecular complexity index is 571. The average Bonchev–Trinajstić information content (AvgIpc) is 2.35. The number of rotatable bonds is 6. The minimum absolute atomic E-state index is 0.0359. The van der Waals surface area contributed by atoms with Gasteiger partial charge in [0.1, 0.15) is 0 Å². The summed E-state index contributed by atoms with van der Waals surface area (Å²) < 4.78 is 23.9. The molecule has 0 aliphatic rings. The van der Waals surface area contributed by atoms with Crippen LogP contribution >= 0.6 is 0 Å². The van der Waals surface area contributed by atoms with Gasteiger partial charge in [-0.2, -0.15) is 5.26 Å². The van der Waals surface area contributed by atoms with E-state index in [1.807, 2.05) is 6.07 Å². The number of carbonyl (C=O) groups excluding carboxylic acids is 1. The van der Waals surface area contributed by atoms with Gasteiger partial charge in [0.25, 0.3) is 0 Å². The summed E-state index contributed by atoms with van der Waals surface area (Å²) in [6.07, 6.45) is 1.43. The summed E-state index contributed by atoms with van der Waals surface area (Å²) in [6.45, 7) is 1.39. The van der Waals surface area contributed by atoms with Crippen LogP contribution in [0.2, 0.25) is 0 Å². The van der Waals surface area contributed by atoms with Crippen LogP contribution in [0.3, 0.4) is 0 Å². The van der Waals surface area contributed by atoms with Gasteiger partial charge >= 0.3 is 0 Å². The quantitative estimate of drug-likeness (QED) is 0.808. The predicted molar refractivity (Wildman–Crippen MR) is 72.3 cm³/mol. The fourth-order valence-corrected chi connectivity index (χ4v) is 2.93. The van der Waals surface area contributed by atoms with Gasteiger partial charge < -0.3 is 5.32 Å². The number of hydrogen-bond acceptors (Lipinski definition) is 4. The molecule has 0 aromatic heterocycles. The first-order valence-corrected chi connectivity index (χ1v) is 7.58. The summed E-state index contributed by atoms with van der Waals surface area (Å²) in [5, 5.41) is 11.0. The van der Waals surface area contributed by atoms with Crippen LogP contribution in [0.15, 0.2) is 29.2 Å². The Morgan fingerprint density at radius 1 is 1.26 bits per heavy atom. The minimum atomic E-state index is -3.31. The van der Waals surface area contributed by atoms with Crippen LogP contribution < -0.4 is 5.32 Å². The Hall–Kier alpha value is -1.87. The van der Waals surface area contributed by atoms with E-state index in [2.05, 4.69) is 5.32 Å². The fraction of sp³-hybridized carbons (Fsp3) is 0.385. The first-order valence-electron chi connectivity index (χ1n) is 5.93. The summed E-state index contributed by atoms with van der Waals surface area (Å²) in [7, 11) is -3.31. The van der Waals surface area contributed by atoms with Crippen molar-refractivity contribution >= 4 is 21.4 Å². The molecule has 19 heavy (non-hydrogen) atoms. The van der Waals surface area contributed by atoms with Crippen molar-refractivity contribution in [3.05, 3.63) is 24.3 Å². The molecule has 1 N–H and O–H groups in total. The lowest BCUT2D eigenvalue weighted by atomic mass is 10.3. The topological polar surface area (TPSA) is 87.0 Å². The molecule has 5 nitrogen and oxygen atoms in total. The highest BCUT2D eigenvalue weighted by Crippen LogP contribution is 2.16. The van der Waals surface area contributed by atoms with E-state index in [0.29, 0.717) is 24.9 Å². The number of amides is 1. The third kappa shape index (κ3) is 5.10. The number of unbranched alkanes of at least 4 members (excludes halogenated alkanes) is 2. The Morgan fingerprint density at radius 2 is 1.89 bits per heavy atom. The summed E-state index contributed by atoms with van der Waals surface area (Å²) in [5.41, 5.74) is 0.566. The first kappa shape index (κ1) is 15.2. The Balaban J connectivity index is 2.68. The molecule has 1 rings (SSSR count). The van der Waals surface area contributed by atoms with Crippen molar-refractivity contribution in [3.8, 4) is 6.07 Å². The molecule has 0 saturated carbocycles. The second-order valence-electron chi connectivity index (χ2n) is 4.14. The number of sulfone groups is 1. The highest BCUT2D eigenvalue weighted by atomic mass is 32.2. The molecule has 0 aliphatic heterocycles. The zero-order valence-corrected chi connectivity index (χ0v) is 11.5. The summed E-state index contributed by atoms with van der Waals surface area (Å²) in [5.74, 6) is -0.166. The van der Waals surface area contributed by atoms with Gasteiger partial charge in [0.15, 0.2) is 9.84 Å². The molecule has 1 amide bonds. The molecule has 0 saturated heterocycles. The van der Waals surface area contributed by atoms with E-state index in [1.54, 1.807) is 12.1 Å². The lowest BCUT2D eigenvalue weighted by Gasteiger charge is -2.06. The molecule has 0 bridgehead atoms. The maximum atomic E-state index is 12.0. The van der Waals surface area contributed by atoms with Crippen LogP contribution in [-0.2, 0) is 14.6 Å². The third-order valence-corrected chi connectivity index (χ3v) is 4.30. The average molecular weight is 280 g/mol. The van der Waals surface area contributed by atoms with Crippen LogP contribution in [-0.4, -0.2) is 20.1 Å². The van der Waals surface area contributed by atoms with E-state index in [9.17, 15) is 13.2 Å². The Morgan fingerprint density at radius 3 is 2.42 bits per heavy atom. The molecule has 1 aromatic rings. The van der Waals surface area contributed by atoms with Crippen molar-refractivity contribution in [2.24, 2.45) is 0 Å². The van der Waals surface area contributed by atoms with Gasteiger partial charge in [-0.1, -0.05) is 0 Å². The van der Waals surface area contributed by atoms with Crippen molar-refractivity contribution in [3.63, 3.8) is 0 Å². The Kier molecular flexibility index (Phi) is 5.52. The van der Waals surface area contributed by atoms with Crippen LogP contribution in [0.1, 0.15) is 26.2 Å². The molecule has 0 radical (unpaired) electrons. The van der Waals surface area contributed by atoms with Crippen LogP contribution in [0.25, 0.3) is 0 Å². The van der Waals surface area contributed by atoms with Crippen molar-refractivity contribution in [1.29, 1.82) is 5.26 Å². The molecule has 6 heteroatoms. The smallest absolute Gasteiger partial charge is 0.221 e. The number of benzene rings is 1. The fourth-order valence-electron chi connectivity index (χ4n) is 1.56. The number of carbonyl (C=O) groups is 1. The Labute approximate surface area is 113 Å². The van der Waals surface area contributed by atoms with Crippen molar-refractivity contribution in [2.45, 2.75) is 31.1 Å². The molecular formula is C13H16N2O3S. The molecule has 0 atom stereocenters. The summed E-state index contributed by atoms with van der Waals surface area (Å²) >= 11 is 0. The van der Waals surface area contributed by atoms with Gasteiger partial charge in [0.2, 0.25) is 5.91 Å². The molecule has 1 aromatic carbocycles. The van der Waals surface area contributed by atoms with Crippen molar-refractivity contribution in [2.75, 3.05) is 11.1 Å². The molecule has 0 unspecified atom stereocenters. The molecule has 0 spiro atoms. The third-order valence-electron chi connectivity index (χ3n) is 2.49. The summed E-state index contributed by atoms with van der Waals surface area (Å²) in [6, 6.07) is 8.06. The second-order valence-corrected chi connectivity index (χ2v) is 6.25. The van der Waals surface area contributed by atoms with Gasteiger partial charge in [0, 0.05) is 19.0 Å². The SMILES string of the molecule is CC(=O)Nc1ccc(S(=O)(=O)CCCCC#N)cc1. The lowest BCUT2D eigenvalue weighted by Crippen LogP contribution is -2.08. The molecule has 102 valence electrons. The number of anilines is 1. The number of hydrogen-bond donors (Lipinski definition) is 1. The van der Waals surface area contributed by atoms with E-state index in [1.165, 1.54) is 19.1 Å². The second kappa shape index (κ2) is 6.90. The van der Waals surface area contributed by atoms with Gasteiger partial charge in [-0.05, 0) is 37.1 Å². The lowest BCUT2D eigenvalue weighted by molar-refractivity contribution is -0.114. The monoisotopic (exact) mass is 280 g/mol. The predicted octanol–water partition coefficient (Wildman–Crippen LogP) is 2.11. The van der Waals surface area contributed by atoms with E-state index in [4.69, 9.17) is 5.26 Å². The number of nitriles is 1. The van der Waals surface area contributed by atoms with E-state index >= 15 is 0 Å². The van der Waals surface area contributed by atoms with E-state index in [0.717, 1.165) is 0 Å². The number of nitrogens with zero attached hydrogens (tertiary/aromatic N) is 1. The van der Waals surface area contributed by atoms with Crippen molar-refractivity contribution in [1.82, 2.24) is 0 Å². The van der Waals surface area contributed by atoms with E-state index in [-0.39, 0.29) is 16.6 Å². The highest BCUT2D eigenvalue weighted by Gasteiger charge is 2.13. The van der Waals surface area contributed by atoms with Gasteiger partial charge in [-0.25, -0.2) is 8.42 Å². The van der Waals surface area contributed by atoms with Gasteiger partial charge in [-0.15, -0.1) is 0 Å². The standard InChI is InChI=1S/C13H16N2O3S/c1-11(16)15-12-5-7-13(8-6-12)19(17,18)10-4-2-3-9-14/h5-8H,2-4,10H2,1H3,(H,15,16). The normalized spacial score (nSPS) is 10.7. The zero-order valence-electron chi connectivity index (χ0n) is 10.7. The minimum Gasteiger partial charge on any atom is -0.326 e. The van der Waals surface area contributed by atoms with Crippen LogP contribution in [0.4, 0.5) is 5.69 Å². The van der Waals surface area contributed by atoms with Crippen molar-refractivity contribution < 1.29 is 13.2 Å². The summed E-state index contributed by atoms with van der Waals surface area (Å²) in [4.78, 5) is 11.1. The van der Waals surface area contributed by atoms with Gasteiger partial charge in [0.05, 0.1) is 16.7 Å². The largest absolute Gasteiger partial charge is 0.326 e. The van der Waals surface area contributed by atoms with E-state index < -0.39 is 9.84 Å².